The second-order valence-electron chi connectivity index (χ2n) is 3.22. The van der Waals surface area contributed by atoms with Crippen molar-refractivity contribution in [3.8, 4) is 0 Å². The lowest BCUT2D eigenvalue weighted by Crippen LogP contribution is -2.35. The normalized spacial score (nSPS) is 36.6. The highest BCUT2D eigenvalue weighted by molar-refractivity contribution is 4.73. The van der Waals surface area contributed by atoms with Gasteiger partial charge in [0.25, 0.3) is 0 Å². The molecule has 1 aliphatic carbocycles. The average Bonchev–Trinajstić information content (AvgIpc) is 1.92. The lowest BCUT2D eigenvalue weighted by atomic mass is 9.95. The molecule has 2 atom stereocenters. The molecule has 1 rings (SSSR count). The Morgan fingerprint density at radius 3 is 2.30 bits per heavy atom. The molecule has 3 N–H and O–H groups in total. The highest BCUT2D eigenvalue weighted by Crippen LogP contribution is 2.15. The number of aliphatic hydroxyl groups excluding tert-OH is 1. The van der Waals surface area contributed by atoms with Crippen molar-refractivity contribution in [3.63, 3.8) is 0 Å². The molecule has 0 aromatic heterocycles. The van der Waals surface area contributed by atoms with Gasteiger partial charge < -0.3 is 10.8 Å². The van der Waals surface area contributed by atoms with Crippen molar-refractivity contribution < 1.29 is 5.11 Å². The van der Waals surface area contributed by atoms with Gasteiger partial charge in [-0.3, -0.25) is 0 Å². The van der Waals surface area contributed by atoms with Crippen molar-refractivity contribution in [1.82, 2.24) is 0 Å². The fraction of sp³-hybridized carbons (Fsp3) is 1.00. The molecule has 0 spiro atoms. The molecule has 0 aromatic carbocycles. The Bertz CT molecular complexity index is 83.3. The Kier molecular flexibility index (Phi) is 3.16. The van der Waals surface area contributed by atoms with E-state index in [0.29, 0.717) is 0 Å². The van der Waals surface area contributed by atoms with E-state index >= 15 is 0 Å². The number of aliphatic hydroxyl groups is 1. The van der Waals surface area contributed by atoms with Gasteiger partial charge in [-0.1, -0.05) is 25.7 Å². The Labute approximate surface area is 62.4 Å². The first kappa shape index (κ1) is 8.02. The molecule has 60 valence electrons. The Hall–Kier alpha value is -0.0800. The average molecular weight is 143 g/mol. The molecule has 1 aliphatic rings. The Morgan fingerprint density at radius 1 is 1.00 bits per heavy atom. The van der Waals surface area contributed by atoms with Crippen molar-refractivity contribution in [2.24, 2.45) is 5.73 Å². The fourth-order valence-corrected chi connectivity index (χ4v) is 1.49. The third-order valence-electron chi connectivity index (χ3n) is 2.28. The van der Waals surface area contributed by atoms with E-state index in [1.54, 1.807) is 0 Å². The zero-order valence-corrected chi connectivity index (χ0v) is 6.42. The molecule has 0 radical (unpaired) electrons. The molecule has 2 heteroatoms. The van der Waals surface area contributed by atoms with E-state index < -0.39 is 0 Å². The van der Waals surface area contributed by atoms with Crippen molar-refractivity contribution in [1.29, 1.82) is 0 Å². The lowest BCUT2D eigenvalue weighted by molar-refractivity contribution is 0.121. The molecule has 2 nitrogen and oxygen atoms in total. The van der Waals surface area contributed by atoms with E-state index in [1.807, 2.05) is 0 Å². The molecule has 0 saturated heterocycles. The van der Waals surface area contributed by atoms with E-state index in [4.69, 9.17) is 5.73 Å². The third kappa shape index (κ3) is 2.27. The number of rotatable bonds is 0. The summed E-state index contributed by atoms with van der Waals surface area (Å²) in [6.45, 7) is 0. The van der Waals surface area contributed by atoms with Gasteiger partial charge in [0.2, 0.25) is 0 Å². The van der Waals surface area contributed by atoms with Crippen LogP contribution >= 0.6 is 0 Å². The largest absolute Gasteiger partial charge is 0.392 e. The summed E-state index contributed by atoms with van der Waals surface area (Å²) in [5.41, 5.74) is 5.70. The van der Waals surface area contributed by atoms with Crippen molar-refractivity contribution >= 4 is 0 Å². The summed E-state index contributed by atoms with van der Waals surface area (Å²) in [5, 5.41) is 9.36. The van der Waals surface area contributed by atoms with E-state index in [9.17, 15) is 5.11 Å². The lowest BCUT2D eigenvalue weighted by Gasteiger charge is -2.21. The summed E-state index contributed by atoms with van der Waals surface area (Å²) in [4.78, 5) is 0. The number of nitrogens with two attached hydrogens (primary N) is 1. The number of hydrogen-bond donors (Lipinski definition) is 2. The van der Waals surface area contributed by atoms with Gasteiger partial charge in [0.1, 0.15) is 0 Å². The van der Waals surface area contributed by atoms with Crippen LogP contribution in [0.1, 0.15) is 38.5 Å². The molecule has 0 aromatic rings. The van der Waals surface area contributed by atoms with Gasteiger partial charge in [-0.2, -0.15) is 0 Å². The van der Waals surface area contributed by atoms with Crippen molar-refractivity contribution in [3.05, 3.63) is 0 Å². The van der Waals surface area contributed by atoms with Crippen LogP contribution < -0.4 is 5.73 Å². The predicted octanol–water partition coefficient (Wildman–Crippen LogP) is 1.03. The fourth-order valence-electron chi connectivity index (χ4n) is 1.49. The van der Waals surface area contributed by atoms with Gasteiger partial charge in [0, 0.05) is 6.04 Å². The molecule has 0 aliphatic heterocycles. The minimum atomic E-state index is -0.236. The van der Waals surface area contributed by atoms with Crippen LogP contribution in [0.2, 0.25) is 0 Å². The molecular weight excluding hydrogens is 126 g/mol. The second kappa shape index (κ2) is 3.94. The monoisotopic (exact) mass is 143 g/mol. The summed E-state index contributed by atoms with van der Waals surface area (Å²) < 4.78 is 0. The van der Waals surface area contributed by atoms with Crippen molar-refractivity contribution in [2.45, 2.75) is 50.7 Å². The Morgan fingerprint density at radius 2 is 1.60 bits per heavy atom. The quantitative estimate of drug-likeness (QED) is 0.532. The third-order valence-corrected chi connectivity index (χ3v) is 2.28. The summed E-state index contributed by atoms with van der Waals surface area (Å²) in [5.74, 6) is 0. The molecule has 0 amide bonds. The molecule has 0 bridgehead atoms. The maximum Gasteiger partial charge on any atom is 0.0691 e. The first-order chi connectivity index (χ1) is 4.80. The zero-order valence-electron chi connectivity index (χ0n) is 6.42. The van der Waals surface area contributed by atoms with Gasteiger partial charge in [0.05, 0.1) is 6.10 Å². The molecular formula is C8H17NO. The van der Waals surface area contributed by atoms with E-state index in [0.717, 1.165) is 19.3 Å². The molecule has 0 heterocycles. The predicted molar refractivity (Wildman–Crippen MR) is 41.7 cm³/mol. The van der Waals surface area contributed by atoms with Crippen LogP contribution in [-0.4, -0.2) is 17.3 Å². The second-order valence-corrected chi connectivity index (χ2v) is 3.22. The van der Waals surface area contributed by atoms with E-state index in [2.05, 4.69) is 0 Å². The molecule has 1 saturated carbocycles. The van der Waals surface area contributed by atoms with Crippen LogP contribution in [0, 0.1) is 0 Å². The van der Waals surface area contributed by atoms with Crippen LogP contribution in [0.3, 0.4) is 0 Å². The van der Waals surface area contributed by atoms with Gasteiger partial charge in [-0.15, -0.1) is 0 Å². The van der Waals surface area contributed by atoms with Crippen LogP contribution in [0.5, 0.6) is 0 Å². The standard InChI is InChI=1S/C8H17NO/c9-7-5-3-1-2-4-6-8(7)10/h7-8,10H,1-6,9H2. The smallest absolute Gasteiger partial charge is 0.0691 e. The van der Waals surface area contributed by atoms with Crippen LogP contribution in [0.4, 0.5) is 0 Å². The maximum atomic E-state index is 9.36. The highest BCUT2D eigenvalue weighted by Gasteiger charge is 2.15. The summed E-state index contributed by atoms with van der Waals surface area (Å²) in [6.07, 6.45) is 6.57. The topological polar surface area (TPSA) is 46.2 Å². The van der Waals surface area contributed by atoms with Gasteiger partial charge in [-0.25, -0.2) is 0 Å². The van der Waals surface area contributed by atoms with Gasteiger partial charge >= 0.3 is 0 Å². The van der Waals surface area contributed by atoms with Crippen LogP contribution in [-0.2, 0) is 0 Å². The molecule has 2 unspecified atom stereocenters. The first-order valence-corrected chi connectivity index (χ1v) is 4.24. The number of hydrogen-bond acceptors (Lipinski definition) is 2. The van der Waals surface area contributed by atoms with Gasteiger partial charge in [-0.05, 0) is 12.8 Å². The highest BCUT2D eigenvalue weighted by atomic mass is 16.3. The first-order valence-electron chi connectivity index (χ1n) is 4.24. The minimum absolute atomic E-state index is 0.0419. The van der Waals surface area contributed by atoms with Crippen LogP contribution in [0.25, 0.3) is 0 Å². The molecule has 10 heavy (non-hydrogen) atoms. The summed E-state index contributed by atoms with van der Waals surface area (Å²) in [7, 11) is 0. The van der Waals surface area contributed by atoms with Crippen molar-refractivity contribution in [2.75, 3.05) is 0 Å². The van der Waals surface area contributed by atoms with Gasteiger partial charge in [0.15, 0.2) is 0 Å². The van der Waals surface area contributed by atoms with E-state index in [1.165, 1.54) is 19.3 Å². The minimum Gasteiger partial charge on any atom is -0.392 e. The zero-order chi connectivity index (χ0) is 7.40. The maximum absolute atomic E-state index is 9.36. The summed E-state index contributed by atoms with van der Waals surface area (Å²) >= 11 is 0. The van der Waals surface area contributed by atoms with E-state index in [-0.39, 0.29) is 12.1 Å². The summed E-state index contributed by atoms with van der Waals surface area (Å²) in [6, 6.07) is 0.0419. The SMILES string of the molecule is NC1CCCCCCC1O. The Balaban J connectivity index is 2.28. The van der Waals surface area contributed by atoms with Crippen LogP contribution in [0.15, 0.2) is 0 Å². The molecule has 1 fully saturated rings.